The first-order valence-electron chi connectivity index (χ1n) is 7.43. The van der Waals surface area contributed by atoms with Gasteiger partial charge in [0.15, 0.2) is 0 Å². The lowest BCUT2D eigenvalue weighted by Gasteiger charge is -2.34. The van der Waals surface area contributed by atoms with E-state index in [1.165, 1.54) is 0 Å². The molecule has 0 bridgehead atoms. The summed E-state index contributed by atoms with van der Waals surface area (Å²) in [6.45, 7) is 3.95. The van der Waals surface area contributed by atoms with Crippen molar-refractivity contribution >= 4 is 24.2 Å². The first kappa shape index (κ1) is 17.2. The first-order chi connectivity index (χ1) is 9.22. The van der Waals surface area contributed by atoms with Crippen molar-refractivity contribution in [2.24, 2.45) is 5.92 Å². The van der Waals surface area contributed by atoms with Crippen LogP contribution in [0, 0.1) is 5.92 Å². The Balaban J connectivity index is 0.00000200. The molecule has 0 spiro atoms. The van der Waals surface area contributed by atoms with Gasteiger partial charge in [0.25, 0.3) is 0 Å². The minimum atomic E-state index is 0. The summed E-state index contributed by atoms with van der Waals surface area (Å²) in [6.07, 6.45) is 4.67. The molecule has 0 saturated carbocycles. The maximum atomic E-state index is 12.4. The van der Waals surface area contributed by atoms with E-state index in [-0.39, 0.29) is 30.1 Å². The second kappa shape index (κ2) is 8.47. The summed E-state index contributed by atoms with van der Waals surface area (Å²) in [5.74, 6) is 0.474. The Morgan fingerprint density at radius 3 is 2.40 bits per heavy atom. The molecule has 2 heterocycles. The van der Waals surface area contributed by atoms with Crippen LogP contribution in [0.1, 0.15) is 32.1 Å². The van der Waals surface area contributed by atoms with Gasteiger partial charge in [0.05, 0.1) is 5.92 Å². The number of halogens is 1. The van der Waals surface area contributed by atoms with Gasteiger partial charge in [-0.2, -0.15) is 0 Å². The van der Waals surface area contributed by atoms with Crippen LogP contribution in [0.15, 0.2) is 0 Å². The third kappa shape index (κ3) is 4.35. The monoisotopic (exact) mass is 303 g/mol. The van der Waals surface area contributed by atoms with Crippen LogP contribution in [-0.4, -0.2) is 61.4 Å². The summed E-state index contributed by atoms with van der Waals surface area (Å²) in [6, 6.07) is 0. The number of carbonyl (C=O) groups excluding carboxylic acids is 2. The van der Waals surface area contributed by atoms with Crippen molar-refractivity contribution in [3.63, 3.8) is 0 Å². The molecule has 2 saturated heterocycles. The van der Waals surface area contributed by atoms with Crippen LogP contribution in [-0.2, 0) is 9.59 Å². The molecule has 2 aliphatic rings. The highest BCUT2D eigenvalue weighted by molar-refractivity contribution is 5.85. The van der Waals surface area contributed by atoms with Crippen LogP contribution in [0.2, 0.25) is 0 Å². The molecule has 1 N–H and O–H groups in total. The Kier molecular flexibility index (Phi) is 7.30. The fourth-order valence-corrected chi connectivity index (χ4v) is 2.99. The molecule has 1 atom stereocenters. The highest BCUT2D eigenvalue weighted by atomic mass is 35.5. The highest BCUT2D eigenvalue weighted by Crippen LogP contribution is 2.21. The van der Waals surface area contributed by atoms with E-state index in [1.807, 2.05) is 16.8 Å². The lowest BCUT2D eigenvalue weighted by atomic mass is 9.96. The zero-order valence-corrected chi connectivity index (χ0v) is 13.1. The Labute approximate surface area is 127 Å². The molecule has 0 aromatic heterocycles. The number of piperidine rings is 1. The third-order valence-corrected chi connectivity index (χ3v) is 4.13. The van der Waals surface area contributed by atoms with E-state index in [4.69, 9.17) is 0 Å². The summed E-state index contributed by atoms with van der Waals surface area (Å²) in [7, 11) is 1.85. The second-order valence-electron chi connectivity index (χ2n) is 5.56. The number of nitrogens with zero attached hydrogens (tertiary/aromatic N) is 2. The first-order valence-corrected chi connectivity index (χ1v) is 7.43. The van der Waals surface area contributed by atoms with Crippen molar-refractivity contribution < 1.29 is 9.59 Å². The predicted octanol–water partition coefficient (Wildman–Crippen LogP) is 0.879. The van der Waals surface area contributed by atoms with Gasteiger partial charge in [-0.05, 0) is 32.7 Å². The van der Waals surface area contributed by atoms with Gasteiger partial charge in [-0.15, -0.1) is 12.4 Å². The van der Waals surface area contributed by atoms with Gasteiger partial charge >= 0.3 is 0 Å². The summed E-state index contributed by atoms with van der Waals surface area (Å²) in [5, 5.41) is 2.99. The minimum Gasteiger partial charge on any atom is -0.342 e. The van der Waals surface area contributed by atoms with E-state index in [9.17, 15) is 9.59 Å². The van der Waals surface area contributed by atoms with Crippen molar-refractivity contribution in [1.29, 1.82) is 0 Å². The van der Waals surface area contributed by atoms with Gasteiger partial charge in [-0.1, -0.05) is 0 Å². The maximum Gasteiger partial charge on any atom is 0.227 e. The number of rotatable bonds is 4. The second-order valence-corrected chi connectivity index (χ2v) is 5.56. The van der Waals surface area contributed by atoms with E-state index in [1.54, 1.807) is 0 Å². The molecule has 2 aliphatic heterocycles. The van der Waals surface area contributed by atoms with Gasteiger partial charge in [0.2, 0.25) is 11.8 Å². The molecule has 116 valence electrons. The maximum absolute atomic E-state index is 12.4. The Morgan fingerprint density at radius 2 is 1.75 bits per heavy atom. The van der Waals surface area contributed by atoms with Crippen LogP contribution in [0.5, 0.6) is 0 Å². The zero-order chi connectivity index (χ0) is 13.7. The molecule has 20 heavy (non-hydrogen) atoms. The zero-order valence-electron chi connectivity index (χ0n) is 12.3. The lowest BCUT2D eigenvalue weighted by molar-refractivity contribution is -0.140. The van der Waals surface area contributed by atoms with Crippen molar-refractivity contribution in [3.8, 4) is 0 Å². The smallest absolute Gasteiger partial charge is 0.227 e. The molecule has 0 radical (unpaired) electrons. The SMILES string of the molecule is CNCCC(=O)N1CCCC(C(=O)N2CCCC2)C1.Cl. The number of likely N-dealkylation sites (tertiary alicyclic amines) is 2. The largest absolute Gasteiger partial charge is 0.342 e. The molecular formula is C14H26ClN3O2. The average Bonchev–Trinajstić information content (AvgIpc) is 2.98. The molecule has 6 heteroatoms. The van der Waals surface area contributed by atoms with Gasteiger partial charge < -0.3 is 15.1 Å². The van der Waals surface area contributed by atoms with Gasteiger partial charge in [0, 0.05) is 39.1 Å². The average molecular weight is 304 g/mol. The van der Waals surface area contributed by atoms with Crippen LogP contribution < -0.4 is 5.32 Å². The Hall–Kier alpha value is -0.810. The minimum absolute atomic E-state index is 0. The standard InChI is InChI=1S/C14H25N3O2.ClH/c1-15-7-6-13(18)17-10-4-5-12(11-17)14(19)16-8-2-3-9-16;/h12,15H,2-11H2,1H3;1H. The fraction of sp³-hybridized carbons (Fsp3) is 0.857. The Morgan fingerprint density at radius 1 is 1.10 bits per heavy atom. The number of amides is 2. The number of carbonyl (C=O) groups is 2. The highest BCUT2D eigenvalue weighted by Gasteiger charge is 2.31. The third-order valence-electron chi connectivity index (χ3n) is 4.13. The van der Waals surface area contributed by atoms with Crippen LogP contribution in [0.4, 0.5) is 0 Å². The molecule has 1 unspecified atom stereocenters. The summed E-state index contributed by atoms with van der Waals surface area (Å²) < 4.78 is 0. The summed E-state index contributed by atoms with van der Waals surface area (Å²) >= 11 is 0. The number of nitrogens with one attached hydrogen (secondary N) is 1. The van der Waals surface area contributed by atoms with E-state index < -0.39 is 0 Å². The van der Waals surface area contributed by atoms with E-state index in [2.05, 4.69) is 5.32 Å². The topological polar surface area (TPSA) is 52.7 Å². The van der Waals surface area contributed by atoms with Crippen molar-refractivity contribution in [1.82, 2.24) is 15.1 Å². The molecule has 0 aromatic carbocycles. The van der Waals surface area contributed by atoms with Crippen LogP contribution in [0.25, 0.3) is 0 Å². The lowest BCUT2D eigenvalue weighted by Crippen LogP contribution is -2.46. The molecular weight excluding hydrogens is 278 g/mol. The summed E-state index contributed by atoms with van der Waals surface area (Å²) in [5.41, 5.74) is 0. The van der Waals surface area contributed by atoms with E-state index in [0.29, 0.717) is 19.5 Å². The Bertz CT molecular complexity index is 332. The molecule has 5 nitrogen and oxygen atoms in total. The molecule has 2 fully saturated rings. The molecule has 2 rings (SSSR count). The summed E-state index contributed by atoms with van der Waals surface area (Å²) in [4.78, 5) is 28.2. The van der Waals surface area contributed by atoms with Gasteiger partial charge in [0.1, 0.15) is 0 Å². The molecule has 0 aromatic rings. The van der Waals surface area contributed by atoms with E-state index >= 15 is 0 Å². The predicted molar refractivity (Wildman–Crippen MR) is 80.9 cm³/mol. The molecule has 2 amide bonds. The van der Waals surface area contributed by atoms with Crippen LogP contribution >= 0.6 is 12.4 Å². The quantitative estimate of drug-likeness (QED) is 0.839. The molecule has 0 aliphatic carbocycles. The van der Waals surface area contributed by atoms with Crippen molar-refractivity contribution in [3.05, 3.63) is 0 Å². The van der Waals surface area contributed by atoms with E-state index in [0.717, 1.165) is 45.3 Å². The fourth-order valence-electron chi connectivity index (χ4n) is 2.99. The van der Waals surface area contributed by atoms with Gasteiger partial charge in [-0.3, -0.25) is 9.59 Å². The normalized spacial score (nSPS) is 22.6. The van der Waals surface area contributed by atoms with Crippen LogP contribution in [0.3, 0.4) is 0 Å². The van der Waals surface area contributed by atoms with Crippen molar-refractivity contribution in [2.45, 2.75) is 32.1 Å². The van der Waals surface area contributed by atoms with Gasteiger partial charge in [-0.25, -0.2) is 0 Å². The number of hydrogen-bond acceptors (Lipinski definition) is 3. The van der Waals surface area contributed by atoms with Crippen molar-refractivity contribution in [2.75, 3.05) is 39.8 Å². The number of hydrogen-bond donors (Lipinski definition) is 1.